The lowest BCUT2D eigenvalue weighted by atomic mass is 9.67. The molecule has 2 unspecified atom stereocenters. The highest BCUT2D eigenvalue weighted by atomic mass is 16.5. The Morgan fingerprint density at radius 2 is 2.05 bits per heavy atom. The van der Waals surface area contributed by atoms with E-state index in [9.17, 15) is 9.90 Å². The smallest absolute Gasteiger partial charge is 0.314 e. The Kier molecular flexibility index (Phi) is 7.73. The van der Waals surface area contributed by atoms with Crippen molar-refractivity contribution in [1.29, 1.82) is 0 Å². The van der Waals surface area contributed by atoms with E-state index in [1.54, 1.807) is 7.11 Å². The maximum Gasteiger partial charge on any atom is 0.314 e. The van der Waals surface area contributed by atoms with Crippen LogP contribution in [0.25, 0.3) is 0 Å². The molecule has 0 fully saturated rings. The first-order chi connectivity index (χ1) is 10.1. The quantitative estimate of drug-likeness (QED) is 0.641. The molecular weight excluding hydrogens is 264 g/mol. The zero-order chi connectivity index (χ0) is 15.7. The first kappa shape index (κ1) is 18.0. The number of hydrogen-bond acceptors (Lipinski definition) is 2. The molecule has 3 nitrogen and oxygen atoms in total. The fourth-order valence-electron chi connectivity index (χ4n) is 3.05. The summed E-state index contributed by atoms with van der Waals surface area (Å²) < 4.78 is 5.19. The predicted octanol–water partition coefficient (Wildman–Crippen LogP) is 4.59. The molecule has 120 valence electrons. The third-order valence-electron chi connectivity index (χ3n) is 4.47. The third-order valence-corrected chi connectivity index (χ3v) is 4.47. The zero-order valence-corrected chi connectivity index (χ0v) is 13.7. The minimum absolute atomic E-state index is 0.0401. The maximum absolute atomic E-state index is 12.0. The van der Waals surface area contributed by atoms with Crippen LogP contribution in [-0.4, -0.2) is 24.8 Å². The van der Waals surface area contributed by atoms with E-state index < -0.39 is 11.4 Å². The van der Waals surface area contributed by atoms with Crippen LogP contribution in [-0.2, 0) is 9.53 Å². The molecule has 0 saturated heterocycles. The van der Waals surface area contributed by atoms with Crippen LogP contribution in [0.4, 0.5) is 0 Å². The second-order valence-electron chi connectivity index (χ2n) is 6.02. The van der Waals surface area contributed by atoms with Crippen molar-refractivity contribution in [3.8, 4) is 0 Å². The zero-order valence-electron chi connectivity index (χ0n) is 13.7. The molecule has 0 aromatic rings. The second-order valence-corrected chi connectivity index (χ2v) is 6.02. The van der Waals surface area contributed by atoms with Crippen LogP contribution in [0.2, 0.25) is 0 Å². The van der Waals surface area contributed by atoms with Gasteiger partial charge >= 0.3 is 5.97 Å². The van der Waals surface area contributed by atoms with Gasteiger partial charge in [-0.2, -0.15) is 0 Å². The molecule has 0 aromatic heterocycles. The highest BCUT2D eigenvalue weighted by Gasteiger charge is 2.43. The van der Waals surface area contributed by atoms with Crippen LogP contribution in [0.1, 0.15) is 58.8 Å². The highest BCUT2D eigenvalue weighted by molar-refractivity contribution is 5.78. The molecule has 2 atom stereocenters. The lowest BCUT2D eigenvalue weighted by Crippen LogP contribution is -2.38. The summed E-state index contributed by atoms with van der Waals surface area (Å²) in [4.78, 5) is 12.0. The van der Waals surface area contributed by atoms with Gasteiger partial charge in [0, 0.05) is 13.7 Å². The fourth-order valence-corrected chi connectivity index (χ4v) is 3.05. The predicted molar refractivity (Wildman–Crippen MR) is 86.3 cm³/mol. The Morgan fingerprint density at radius 1 is 1.33 bits per heavy atom. The van der Waals surface area contributed by atoms with E-state index in [1.165, 1.54) is 5.57 Å². The van der Waals surface area contributed by atoms with Crippen molar-refractivity contribution in [2.75, 3.05) is 13.7 Å². The number of carboxylic acid groups (broad SMARTS) is 1. The summed E-state index contributed by atoms with van der Waals surface area (Å²) in [5, 5.41) is 9.83. The standard InChI is InChI=1S/C18H30O3/c1-4-6-8-15-9-12-18(17(19)20,11-7-5-2)16(14-15)10-13-21-3/h9,12,14,16H,4-8,10-11,13H2,1-3H3,(H,19,20). The van der Waals surface area contributed by atoms with E-state index >= 15 is 0 Å². The second kappa shape index (κ2) is 9.04. The van der Waals surface area contributed by atoms with Crippen molar-refractivity contribution in [3.05, 3.63) is 23.8 Å². The SMILES string of the molecule is CCCCC1=CC(CCOC)C(CCCC)(C(=O)O)C=C1. The van der Waals surface area contributed by atoms with Gasteiger partial charge in [-0.3, -0.25) is 4.79 Å². The van der Waals surface area contributed by atoms with Crippen LogP contribution in [0.5, 0.6) is 0 Å². The summed E-state index contributed by atoms with van der Waals surface area (Å²) in [5.74, 6) is -0.655. The number of aliphatic carboxylic acids is 1. The molecule has 1 rings (SSSR count). The Hall–Kier alpha value is -1.09. The number of hydrogen-bond donors (Lipinski definition) is 1. The molecule has 0 bridgehead atoms. The fraction of sp³-hybridized carbons (Fsp3) is 0.722. The van der Waals surface area contributed by atoms with Crippen LogP contribution in [0.3, 0.4) is 0 Å². The first-order valence-electron chi connectivity index (χ1n) is 8.23. The molecule has 1 aliphatic carbocycles. The summed E-state index contributed by atoms with van der Waals surface area (Å²) in [6.07, 6.45) is 13.0. The Balaban J connectivity index is 2.96. The molecule has 0 spiro atoms. The lowest BCUT2D eigenvalue weighted by Gasteiger charge is -2.36. The highest BCUT2D eigenvalue weighted by Crippen LogP contribution is 2.42. The van der Waals surface area contributed by atoms with E-state index in [4.69, 9.17) is 4.74 Å². The van der Waals surface area contributed by atoms with Gasteiger partial charge in [0.25, 0.3) is 0 Å². The van der Waals surface area contributed by atoms with Gasteiger partial charge in [-0.1, -0.05) is 56.9 Å². The normalized spacial score (nSPS) is 24.9. The molecule has 0 saturated carbocycles. The van der Waals surface area contributed by atoms with Gasteiger partial charge in [-0.25, -0.2) is 0 Å². The van der Waals surface area contributed by atoms with Crippen molar-refractivity contribution in [2.24, 2.45) is 11.3 Å². The number of methoxy groups -OCH3 is 1. The number of carbonyl (C=O) groups is 1. The number of unbranched alkanes of at least 4 members (excludes halogenated alkanes) is 2. The van der Waals surface area contributed by atoms with E-state index in [0.717, 1.165) is 38.5 Å². The molecule has 1 N–H and O–H groups in total. The Bertz CT molecular complexity index is 384. The molecule has 1 aliphatic rings. The molecule has 0 aromatic carbocycles. The summed E-state index contributed by atoms with van der Waals surface area (Å²) in [5.41, 5.74) is 0.538. The molecular formula is C18H30O3. The molecule has 0 amide bonds. The van der Waals surface area contributed by atoms with E-state index in [2.05, 4.69) is 19.9 Å². The number of carboxylic acids is 1. The average molecular weight is 294 g/mol. The van der Waals surface area contributed by atoms with Crippen molar-refractivity contribution in [2.45, 2.75) is 58.8 Å². The molecule has 0 heterocycles. The van der Waals surface area contributed by atoms with Gasteiger partial charge in [0.1, 0.15) is 0 Å². The van der Waals surface area contributed by atoms with Crippen molar-refractivity contribution in [1.82, 2.24) is 0 Å². The molecule has 0 aliphatic heterocycles. The summed E-state index contributed by atoms with van der Waals surface area (Å²) in [7, 11) is 1.68. The largest absolute Gasteiger partial charge is 0.481 e. The molecule has 0 radical (unpaired) electrons. The topological polar surface area (TPSA) is 46.5 Å². The van der Waals surface area contributed by atoms with Crippen LogP contribution < -0.4 is 0 Å². The van der Waals surface area contributed by atoms with Gasteiger partial charge in [0.05, 0.1) is 5.41 Å². The molecule has 21 heavy (non-hydrogen) atoms. The number of ether oxygens (including phenoxy) is 1. The average Bonchev–Trinajstić information content (AvgIpc) is 2.49. The minimum atomic E-state index is -0.746. The summed E-state index contributed by atoms with van der Waals surface area (Å²) in [6, 6.07) is 0. The van der Waals surface area contributed by atoms with E-state index in [1.807, 2.05) is 12.2 Å². The number of rotatable bonds is 10. The molecule has 3 heteroatoms. The number of allylic oxidation sites excluding steroid dienone is 3. The van der Waals surface area contributed by atoms with Gasteiger partial charge in [0.15, 0.2) is 0 Å². The van der Waals surface area contributed by atoms with Gasteiger partial charge < -0.3 is 9.84 Å². The Labute approximate surface area is 129 Å². The third kappa shape index (κ3) is 4.70. The van der Waals surface area contributed by atoms with Gasteiger partial charge in [0.2, 0.25) is 0 Å². The van der Waals surface area contributed by atoms with Crippen LogP contribution in [0, 0.1) is 11.3 Å². The van der Waals surface area contributed by atoms with Crippen LogP contribution >= 0.6 is 0 Å². The first-order valence-corrected chi connectivity index (χ1v) is 8.23. The summed E-state index contributed by atoms with van der Waals surface area (Å²) in [6.45, 7) is 4.89. The van der Waals surface area contributed by atoms with Crippen molar-refractivity contribution >= 4 is 5.97 Å². The summed E-state index contributed by atoms with van der Waals surface area (Å²) >= 11 is 0. The lowest BCUT2D eigenvalue weighted by molar-refractivity contribution is -0.149. The monoisotopic (exact) mass is 294 g/mol. The maximum atomic E-state index is 12.0. The van der Waals surface area contributed by atoms with Gasteiger partial charge in [-0.05, 0) is 31.6 Å². The van der Waals surface area contributed by atoms with Crippen molar-refractivity contribution in [3.63, 3.8) is 0 Å². The Morgan fingerprint density at radius 3 is 2.62 bits per heavy atom. The van der Waals surface area contributed by atoms with Crippen molar-refractivity contribution < 1.29 is 14.6 Å². The van der Waals surface area contributed by atoms with Crippen LogP contribution in [0.15, 0.2) is 23.8 Å². The minimum Gasteiger partial charge on any atom is -0.481 e. The van der Waals surface area contributed by atoms with Gasteiger partial charge in [-0.15, -0.1) is 0 Å². The van der Waals surface area contributed by atoms with E-state index in [0.29, 0.717) is 13.0 Å². The van der Waals surface area contributed by atoms with E-state index in [-0.39, 0.29) is 5.92 Å².